The van der Waals surface area contributed by atoms with Crippen LogP contribution in [0.1, 0.15) is 76.1 Å². The number of hydrogen-bond acceptors (Lipinski definition) is 4. The minimum atomic E-state index is -0.182. The van der Waals surface area contributed by atoms with E-state index in [1.165, 1.54) is 0 Å². The quantitative estimate of drug-likeness (QED) is 0.650. The molecule has 0 spiro atoms. The minimum Gasteiger partial charge on any atom is -0.346 e. The van der Waals surface area contributed by atoms with Crippen molar-refractivity contribution in [2.75, 3.05) is 0 Å². The molecule has 3 heterocycles. The van der Waals surface area contributed by atoms with E-state index in [-0.39, 0.29) is 34.4 Å². The average molecular weight is 439 g/mol. The van der Waals surface area contributed by atoms with E-state index in [4.69, 9.17) is 4.98 Å². The van der Waals surface area contributed by atoms with Crippen LogP contribution in [0.25, 0.3) is 11.2 Å². The molecule has 1 aliphatic rings. The molecule has 4 rings (SSSR count). The number of aromatic nitrogens is 5. The molecule has 0 saturated heterocycles. The van der Waals surface area contributed by atoms with Gasteiger partial charge >= 0.3 is 5.69 Å². The Balaban J connectivity index is 1.61. The molecule has 0 bridgehead atoms. The van der Waals surface area contributed by atoms with Gasteiger partial charge in [0.15, 0.2) is 11.5 Å². The number of amides is 1. The topological polar surface area (TPSA) is 97.6 Å². The monoisotopic (exact) mass is 438 g/mol. The normalized spacial score (nSPS) is 21.1. The van der Waals surface area contributed by atoms with Crippen molar-refractivity contribution in [1.82, 2.24) is 29.4 Å². The maximum Gasteiger partial charge on any atom is 0.330 e. The lowest BCUT2D eigenvalue weighted by Gasteiger charge is -2.42. The second kappa shape index (κ2) is 7.90. The van der Waals surface area contributed by atoms with Crippen molar-refractivity contribution in [3.63, 3.8) is 0 Å². The number of carbonyl (C=O) groups excluding carboxylic acids is 1. The van der Waals surface area contributed by atoms with Crippen molar-refractivity contribution in [2.45, 2.75) is 72.4 Å². The highest BCUT2D eigenvalue weighted by Gasteiger charge is 2.38. The molecule has 1 saturated carbocycles. The summed E-state index contributed by atoms with van der Waals surface area (Å²) >= 11 is 0. The first-order valence-electron chi connectivity index (χ1n) is 11.3. The third-order valence-corrected chi connectivity index (χ3v) is 6.67. The molecule has 172 valence electrons. The van der Waals surface area contributed by atoms with Crippen molar-refractivity contribution >= 4 is 17.1 Å². The zero-order valence-corrected chi connectivity index (χ0v) is 19.9. The van der Waals surface area contributed by atoms with Gasteiger partial charge in [0.1, 0.15) is 0 Å². The predicted molar refractivity (Wildman–Crippen MR) is 125 cm³/mol. The van der Waals surface area contributed by atoms with Crippen molar-refractivity contribution in [2.24, 2.45) is 17.9 Å². The van der Waals surface area contributed by atoms with E-state index in [9.17, 15) is 9.59 Å². The van der Waals surface area contributed by atoms with Crippen LogP contribution in [0, 0.1) is 10.8 Å². The van der Waals surface area contributed by atoms with Crippen LogP contribution >= 0.6 is 0 Å². The Labute approximate surface area is 188 Å². The van der Waals surface area contributed by atoms with E-state index in [0.717, 1.165) is 36.1 Å². The Bertz CT molecular complexity index is 1180. The number of hydrogen-bond donors (Lipinski definition) is 2. The van der Waals surface area contributed by atoms with Gasteiger partial charge < -0.3 is 10.3 Å². The summed E-state index contributed by atoms with van der Waals surface area (Å²) in [4.78, 5) is 37.4. The van der Waals surface area contributed by atoms with Gasteiger partial charge in [-0.25, -0.2) is 14.8 Å². The van der Waals surface area contributed by atoms with Gasteiger partial charge in [-0.3, -0.25) is 13.9 Å². The van der Waals surface area contributed by atoms with Gasteiger partial charge in [0.05, 0.1) is 5.52 Å². The maximum absolute atomic E-state index is 12.9. The highest BCUT2D eigenvalue weighted by atomic mass is 16.2. The molecular weight excluding hydrogens is 404 g/mol. The Morgan fingerprint density at radius 1 is 1.31 bits per heavy atom. The number of nitrogens with zero attached hydrogens (tertiary/aromatic N) is 4. The summed E-state index contributed by atoms with van der Waals surface area (Å²) in [5.41, 5.74) is 2.51. The number of pyridine rings is 1. The summed E-state index contributed by atoms with van der Waals surface area (Å²) in [5.74, 6) is 0.367. The van der Waals surface area contributed by atoms with Crippen molar-refractivity contribution < 1.29 is 4.79 Å². The zero-order chi connectivity index (χ0) is 23.3. The van der Waals surface area contributed by atoms with Gasteiger partial charge in [-0.05, 0) is 42.2 Å². The standard InChI is InChI=1S/C24H34N6O2/c1-23(2,3)14-30-17-8-7-16(27-20(17)29(6)22(30)32)15-9-10-24(4,5)18(13-15)28-21(31)19-25-11-12-26-19/h7-8,11-12,15,18H,9-10,13-14H2,1-6H3,(H,25,26)(H,28,31). The third-order valence-electron chi connectivity index (χ3n) is 6.67. The largest absolute Gasteiger partial charge is 0.346 e. The molecule has 3 aromatic heterocycles. The Kier molecular flexibility index (Phi) is 5.51. The summed E-state index contributed by atoms with van der Waals surface area (Å²) in [6, 6.07) is 4.08. The van der Waals surface area contributed by atoms with E-state index < -0.39 is 0 Å². The summed E-state index contributed by atoms with van der Waals surface area (Å²) in [6.07, 6.45) is 6.01. The first-order valence-corrected chi connectivity index (χ1v) is 11.3. The molecule has 2 atom stereocenters. The van der Waals surface area contributed by atoms with Gasteiger partial charge in [-0.1, -0.05) is 34.6 Å². The number of rotatable bonds is 4. The molecule has 1 aliphatic carbocycles. The van der Waals surface area contributed by atoms with Crippen molar-refractivity contribution in [1.29, 1.82) is 0 Å². The molecule has 0 aliphatic heterocycles. The highest BCUT2D eigenvalue weighted by molar-refractivity contribution is 5.90. The fourth-order valence-corrected chi connectivity index (χ4v) is 4.72. The molecular formula is C24H34N6O2. The van der Waals surface area contributed by atoms with Crippen molar-refractivity contribution in [3.8, 4) is 0 Å². The number of carbonyl (C=O) groups is 1. The minimum absolute atomic E-state index is 0.00524. The first-order chi connectivity index (χ1) is 15.0. The second-order valence-electron chi connectivity index (χ2n) is 11.0. The maximum atomic E-state index is 12.9. The highest BCUT2D eigenvalue weighted by Crippen LogP contribution is 2.42. The van der Waals surface area contributed by atoms with E-state index in [2.05, 4.69) is 56.0 Å². The number of aromatic amines is 1. The number of fused-ring (bicyclic) bond motifs is 1. The summed E-state index contributed by atoms with van der Waals surface area (Å²) in [6.45, 7) is 11.4. The first kappa shape index (κ1) is 22.3. The van der Waals surface area contributed by atoms with Gasteiger partial charge in [-0.2, -0.15) is 0 Å². The Hall–Kier alpha value is -2.90. The van der Waals surface area contributed by atoms with Crippen LogP contribution in [0.5, 0.6) is 0 Å². The summed E-state index contributed by atoms with van der Waals surface area (Å²) in [7, 11) is 1.79. The zero-order valence-electron chi connectivity index (χ0n) is 19.9. The molecule has 1 amide bonds. The smallest absolute Gasteiger partial charge is 0.330 e. The summed E-state index contributed by atoms with van der Waals surface area (Å²) in [5, 5.41) is 3.18. The fraction of sp³-hybridized carbons (Fsp3) is 0.583. The molecule has 1 fully saturated rings. The molecule has 0 aromatic carbocycles. The van der Waals surface area contributed by atoms with Crippen LogP contribution in [0.15, 0.2) is 29.3 Å². The lowest BCUT2D eigenvalue weighted by Crippen LogP contribution is -2.48. The Morgan fingerprint density at radius 2 is 2.06 bits per heavy atom. The van der Waals surface area contributed by atoms with Gasteiger partial charge in [-0.15, -0.1) is 0 Å². The molecule has 2 N–H and O–H groups in total. The Morgan fingerprint density at radius 3 is 2.72 bits per heavy atom. The van der Waals surface area contributed by atoms with Crippen LogP contribution < -0.4 is 11.0 Å². The number of aryl methyl sites for hydroxylation is 1. The van der Waals surface area contributed by atoms with E-state index in [0.29, 0.717) is 12.4 Å². The number of imidazole rings is 2. The van der Waals surface area contributed by atoms with Gasteiger partial charge in [0.2, 0.25) is 0 Å². The fourth-order valence-electron chi connectivity index (χ4n) is 4.72. The predicted octanol–water partition coefficient (Wildman–Crippen LogP) is 3.60. The van der Waals surface area contributed by atoms with Crippen LogP contribution in [0.2, 0.25) is 0 Å². The van der Waals surface area contributed by atoms with Crippen molar-refractivity contribution in [3.05, 3.63) is 46.5 Å². The lowest BCUT2D eigenvalue weighted by molar-refractivity contribution is 0.0827. The molecule has 2 unspecified atom stereocenters. The number of H-pyrrole nitrogens is 1. The molecule has 3 aromatic rings. The van der Waals surface area contributed by atoms with Gasteiger partial charge in [0, 0.05) is 43.6 Å². The molecule has 0 radical (unpaired) electrons. The van der Waals surface area contributed by atoms with Crippen LogP contribution in [-0.2, 0) is 13.6 Å². The third kappa shape index (κ3) is 4.23. The van der Waals surface area contributed by atoms with E-state index >= 15 is 0 Å². The molecule has 8 heteroatoms. The SMILES string of the molecule is Cn1c(=O)n(CC(C)(C)C)c2ccc(C3CCC(C)(C)C(NC(=O)c4ncc[nH]4)C3)nc21. The second-order valence-corrected chi connectivity index (χ2v) is 11.0. The van der Waals surface area contributed by atoms with E-state index in [1.807, 2.05) is 10.6 Å². The molecule has 8 nitrogen and oxygen atoms in total. The summed E-state index contributed by atoms with van der Waals surface area (Å²) < 4.78 is 3.47. The van der Waals surface area contributed by atoms with Crippen LogP contribution in [0.4, 0.5) is 0 Å². The average Bonchev–Trinajstić information content (AvgIpc) is 3.33. The van der Waals surface area contributed by atoms with Gasteiger partial charge in [0.25, 0.3) is 5.91 Å². The molecule has 32 heavy (non-hydrogen) atoms. The number of nitrogens with one attached hydrogen (secondary N) is 2. The van der Waals surface area contributed by atoms with Crippen LogP contribution in [0.3, 0.4) is 0 Å². The van der Waals surface area contributed by atoms with Crippen LogP contribution in [-0.4, -0.2) is 36.0 Å². The lowest BCUT2D eigenvalue weighted by atomic mass is 9.68. The van der Waals surface area contributed by atoms with E-state index in [1.54, 1.807) is 24.0 Å².